The number of anilines is 1. The first-order valence-corrected chi connectivity index (χ1v) is 9.71. The van der Waals surface area contributed by atoms with Gasteiger partial charge in [-0.05, 0) is 50.5 Å². The van der Waals surface area contributed by atoms with Gasteiger partial charge in [0.05, 0.1) is 24.1 Å². The number of aromatic nitrogens is 4. The van der Waals surface area contributed by atoms with E-state index in [1.54, 1.807) is 6.20 Å². The van der Waals surface area contributed by atoms with Crippen molar-refractivity contribution in [3.8, 4) is 17.3 Å². The highest BCUT2D eigenvalue weighted by molar-refractivity contribution is 5.49. The van der Waals surface area contributed by atoms with Crippen LogP contribution in [0.4, 0.5) is 5.82 Å². The molecule has 0 saturated carbocycles. The lowest BCUT2D eigenvalue weighted by Gasteiger charge is -2.27. The Morgan fingerprint density at radius 2 is 1.82 bits per heavy atom. The molecule has 1 atom stereocenters. The van der Waals surface area contributed by atoms with Gasteiger partial charge in [-0.15, -0.1) is 0 Å². The summed E-state index contributed by atoms with van der Waals surface area (Å²) in [7, 11) is 0. The number of aryl methyl sites for hydroxylation is 2. The van der Waals surface area contributed by atoms with Crippen molar-refractivity contribution in [2.45, 2.75) is 32.7 Å². The second-order valence-electron chi connectivity index (χ2n) is 7.33. The van der Waals surface area contributed by atoms with Gasteiger partial charge in [-0.3, -0.25) is 4.98 Å². The Kier molecular flexibility index (Phi) is 4.15. The van der Waals surface area contributed by atoms with E-state index in [9.17, 15) is 0 Å². The minimum atomic E-state index is 0.251. The molecular weight excluding hydrogens is 354 g/mol. The maximum Gasteiger partial charge on any atom is 0.174 e. The van der Waals surface area contributed by atoms with Crippen LogP contribution < -0.4 is 14.4 Å². The van der Waals surface area contributed by atoms with Gasteiger partial charge in [0.2, 0.25) is 0 Å². The van der Waals surface area contributed by atoms with Gasteiger partial charge in [-0.2, -0.15) is 5.10 Å². The van der Waals surface area contributed by atoms with Crippen LogP contribution in [0.15, 0.2) is 36.7 Å². The van der Waals surface area contributed by atoms with Crippen molar-refractivity contribution in [3.63, 3.8) is 0 Å². The van der Waals surface area contributed by atoms with Crippen LogP contribution in [0.2, 0.25) is 0 Å². The SMILES string of the molecule is Cc1cc(C)n(-c2cncc(N3CCCC3c3ccc4c(c3)OCCO4)n2)n1. The summed E-state index contributed by atoms with van der Waals surface area (Å²) in [5.41, 5.74) is 3.24. The zero-order valence-corrected chi connectivity index (χ0v) is 16.1. The van der Waals surface area contributed by atoms with E-state index in [-0.39, 0.29) is 6.04 Å². The average Bonchev–Trinajstić information content (AvgIpc) is 3.34. The second kappa shape index (κ2) is 6.82. The molecule has 28 heavy (non-hydrogen) atoms. The minimum Gasteiger partial charge on any atom is -0.486 e. The van der Waals surface area contributed by atoms with Crippen LogP contribution in [0.25, 0.3) is 5.82 Å². The number of rotatable bonds is 3. The lowest BCUT2D eigenvalue weighted by Crippen LogP contribution is -2.24. The first-order valence-electron chi connectivity index (χ1n) is 9.71. The topological polar surface area (TPSA) is 65.3 Å². The molecule has 2 aliphatic rings. The zero-order chi connectivity index (χ0) is 19.1. The van der Waals surface area contributed by atoms with E-state index in [0.29, 0.717) is 13.2 Å². The fourth-order valence-electron chi connectivity index (χ4n) is 4.10. The quantitative estimate of drug-likeness (QED) is 0.697. The van der Waals surface area contributed by atoms with Crippen molar-refractivity contribution in [3.05, 3.63) is 53.6 Å². The Bertz CT molecular complexity index is 1020. The van der Waals surface area contributed by atoms with E-state index in [2.05, 4.69) is 27.1 Å². The molecular formula is C21H23N5O2. The summed E-state index contributed by atoms with van der Waals surface area (Å²) in [4.78, 5) is 11.6. The first kappa shape index (κ1) is 17.0. The van der Waals surface area contributed by atoms with Crippen molar-refractivity contribution < 1.29 is 9.47 Å². The highest BCUT2D eigenvalue weighted by atomic mass is 16.6. The van der Waals surface area contributed by atoms with Crippen LogP contribution in [0, 0.1) is 13.8 Å². The first-order chi connectivity index (χ1) is 13.7. The van der Waals surface area contributed by atoms with Gasteiger partial charge in [0.15, 0.2) is 17.3 Å². The van der Waals surface area contributed by atoms with Gasteiger partial charge >= 0.3 is 0 Å². The molecule has 1 saturated heterocycles. The van der Waals surface area contributed by atoms with Gasteiger partial charge < -0.3 is 14.4 Å². The summed E-state index contributed by atoms with van der Waals surface area (Å²) in [5.74, 6) is 3.28. The molecule has 0 radical (unpaired) electrons. The van der Waals surface area contributed by atoms with Crippen LogP contribution in [0.1, 0.15) is 35.8 Å². The monoisotopic (exact) mass is 377 g/mol. The van der Waals surface area contributed by atoms with Gasteiger partial charge in [0.1, 0.15) is 19.0 Å². The summed E-state index contributed by atoms with van der Waals surface area (Å²) in [6.07, 6.45) is 5.79. The number of fused-ring (bicyclic) bond motifs is 1. The third-order valence-electron chi connectivity index (χ3n) is 5.33. The van der Waals surface area contributed by atoms with Crippen LogP contribution in [-0.2, 0) is 0 Å². The molecule has 5 rings (SSSR count). The Hall–Kier alpha value is -3.09. The predicted molar refractivity (Wildman–Crippen MR) is 105 cm³/mol. The average molecular weight is 377 g/mol. The molecule has 0 amide bonds. The molecule has 4 heterocycles. The molecule has 0 bridgehead atoms. The minimum absolute atomic E-state index is 0.251. The third kappa shape index (κ3) is 2.96. The molecule has 3 aromatic rings. The number of hydrogen-bond donors (Lipinski definition) is 0. The normalized spacial score (nSPS) is 18.5. The maximum atomic E-state index is 5.77. The third-order valence-corrected chi connectivity index (χ3v) is 5.33. The van der Waals surface area contributed by atoms with Gasteiger partial charge in [-0.25, -0.2) is 9.67 Å². The fraction of sp³-hybridized carbons (Fsp3) is 0.381. The van der Waals surface area contributed by atoms with E-state index < -0.39 is 0 Å². The summed E-state index contributed by atoms with van der Waals surface area (Å²) in [6, 6.07) is 8.55. The Labute approximate surface area is 163 Å². The molecule has 7 heteroatoms. The van der Waals surface area contributed by atoms with Crippen molar-refractivity contribution in [2.75, 3.05) is 24.7 Å². The van der Waals surface area contributed by atoms with Crippen molar-refractivity contribution >= 4 is 5.82 Å². The highest BCUT2D eigenvalue weighted by Gasteiger charge is 2.29. The predicted octanol–water partition coefficient (Wildman–Crippen LogP) is 3.39. The Balaban J connectivity index is 1.47. The van der Waals surface area contributed by atoms with Gasteiger partial charge in [-0.1, -0.05) is 6.07 Å². The van der Waals surface area contributed by atoms with Crippen LogP contribution >= 0.6 is 0 Å². The molecule has 1 aromatic carbocycles. The molecule has 0 aliphatic carbocycles. The Morgan fingerprint density at radius 1 is 1.00 bits per heavy atom. The standard InChI is InChI=1S/C21H23N5O2/c1-14-10-15(2)26(24-14)21-13-22-12-20(23-21)25-7-3-4-17(25)16-5-6-18-19(11-16)28-9-8-27-18/h5-6,10-13,17H,3-4,7-9H2,1-2H3. The molecule has 2 aromatic heterocycles. The van der Waals surface area contributed by atoms with E-state index in [1.807, 2.05) is 36.9 Å². The largest absolute Gasteiger partial charge is 0.486 e. The fourth-order valence-corrected chi connectivity index (χ4v) is 4.10. The van der Waals surface area contributed by atoms with Crippen molar-refractivity contribution in [1.29, 1.82) is 0 Å². The molecule has 0 spiro atoms. The van der Waals surface area contributed by atoms with E-state index in [4.69, 9.17) is 14.5 Å². The molecule has 2 aliphatic heterocycles. The van der Waals surface area contributed by atoms with Crippen LogP contribution in [-0.4, -0.2) is 39.5 Å². The van der Waals surface area contributed by atoms with E-state index >= 15 is 0 Å². The number of nitrogens with zero attached hydrogens (tertiary/aromatic N) is 5. The molecule has 144 valence electrons. The van der Waals surface area contributed by atoms with Crippen LogP contribution in [0.5, 0.6) is 11.5 Å². The summed E-state index contributed by atoms with van der Waals surface area (Å²) < 4.78 is 13.3. The number of hydrogen-bond acceptors (Lipinski definition) is 6. The van der Waals surface area contributed by atoms with Crippen molar-refractivity contribution in [1.82, 2.24) is 19.7 Å². The van der Waals surface area contributed by atoms with E-state index in [0.717, 1.165) is 53.9 Å². The maximum absolute atomic E-state index is 5.77. The lowest BCUT2D eigenvalue weighted by atomic mass is 10.0. The lowest BCUT2D eigenvalue weighted by molar-refractivity contribution is 0.171. The summed E-state index contributed by atoms with van der Waals surface area (Å²) >= 11 is 0. The summed E-state index contributed by atoms with van der Waals surface area (Å²) in [6.45, 7) is 6.17. The molecule has 1 fully saturated rings. The second-order valence-corrected chi connectivity index (χ2v) is 7.33. The number of ether oxygens (including phenoxy) is 2. The van der Waals surface area contributed by atoms with Crippen molar-refractivity contribution in [2.24, 2.45) is 0 Å². The van der Waals surface area contributed by atoms with Crippen LogP contribution in [0.3, 0.4) is 0 Å². The number of benzene rings is 1. The molecule has 1 unspecified atom stereocenters. The Morgan fingerprint density at radius 3 is 2.64 bits per heavy atom. The van der Waals surface area contributed by atoms with Gasteiger partial charge in [0, 0.05) is 12.2 Å². The highest BCUT2D eigenvalue weighted by Crippen LogP contribution is 2.39. The smallest absolute Gasteiger partial charge is 0.174 e. The molecule has 0 N–H and O–H groups in total. The zero-order valence-electron chi connectivity index (χ0n) is 16.1. The molecule has 7 nitrogen and oxygen atoms in total. The summed E-state index contributed by atoms with van der Waals surface area (Å²) in [5, 5.41) is 4.54. The van der Waals surface area contributed by atoms with Gasteiger partial charge in [0.25, 0.3) is 0 Å². The van der Waals surface area contributed by atoms with E-state index in [1.165, 1.54) is 5.56 Å².